The van der Waals surface area contributed by atoms with Gasteiger partial charge in [-0.2, -0.15) is 0 Å². The zero-order chi connectivity index (χ0) is 38.0. The molecule has 0 heterocycles. The van der Waals surface area contributed by atoms with Crippen molar-refractivity contribution in [3.05, 3.63) is 129 Å². The Morgan fingerprint density at radius 2 is 0.904 bits per heavy atom. The van der Waals surface area contributed by atoms with Crippen LogP contribution in [0.5, 0.6) is 0 Å². The summed E-state index contributed by atoms with van der Waals surface area (Å²) in [7, 11) is 17.9. The maximum atomic E-state index is 8.95. The van der Waals surface area contributed by atoms with Gasteiger partial charge in [0.1, 0.15) is 0 Å². The van der Waals surface area contributed by atoms with Crippen LogP contribution in [0.25, 0.3) is 34.4 Å². The van der Waals surface area contributed by atoms with Crippen LogP contribution in [0.4, 0.5) is 0 Å². The molecule has 0 fully saturated rings. The first-order valence-electron chi connectivity index (χ1n) is 19.8. The van der Waals surface area contributed by atoms with E-state index in [9.17, 15) is 0 Å². The summed E-state index contributed by atoms with van der Waals surface area (Å²) < 4.78 is 0.133. The van der Waals surface area contributed by atoms with Gasteiger partial charge in [-0.25, -0.2) is 0 Å². The number of rotatable bonds is 9. The van der Waals surface area contributed by atoms with E-state index in [1.807, 2.05) is 0 Å². The monoisotopic (exact) mass is 825 g/mol. The predicted octanol–water partition coefficient (Wildman–Crippen LogP) is 15.3. The predicted molar refractivity (Wildman–Crippen MR) is 232 cm³/mol. The molecule has 4 unspecified atom stereocenters. The zero-order valence-corrected chi connectivity index (χ0v) is 38.9. The molecule has 0 amide bonds. The minimum absolute atomic E-state index is 0.0153. The zero-order valence-electron chi connectivity index (χ0n) is 33.8. The van der Waals surface area contributed by atoms with Crippen molar-refractivity contribution < 1.29 is 15.6 Å². The minimum atomic E-state index is -5.01. The van der Waals surface area contributed by atoms with Crippen molar-refractivity contribution in [2.75, 3.05) is 0 Å². The van der Waals surface area contributed by atoms with Crippen LogP contribution in [0.3, 0.4) is 0 Å². The van der Waals surface area contributed by atoms with Gasteiger partial charge < -0.3 is 0 Å². The molecule has 0 bridgehead atoms. The second kappa shape index (κ2) is 14.3. The molecule has 0 saturated carbocycles. The number of benzene rings is 4. The molecular weight excluding hydrogens is 767 g/mol. The van der Waals surface area contributed by atoms with Gasteiger partial charge in [-0.05, 0) is 0 Å². The molecule has 4 atom stereocenters. The van der Waals surface area contributed by atoms with Gasteiger partial charge in [0.15, 0.2) is 0 Å². The quantitative estimate of drug-likeness (QED) is 0.147. The Morgan fingerprint density at radius 3 is 1.23 bits per heavy atom. The molecule has 275 valence electrons. The summed E-state index contributed by atoms with van der Waals surface area (Å²) >= 11 is -5.01. The van der Waals surface area contributed by atoms with E-state index in [2.05, 4.69) is 179 Å². The fraction of sp³-hybridized carbons (Fsp3) is 0.417. The van der Waals surface area contributed by atoms with E-state index in [0.29, 0.717) is 11.8 Å². The molecule has 0 radical (unpaired) electrons. The Labute approximate surface area is 324 Å². The summed E-state index contributed by atoms with van der Waals surface area (Å²) in [5.41, 5.74) is 16.4. The molecule has 4 heteroatoms. The molecule has 0 N–H and O–H groups in total. The van der Waals surface area contributed by atoms with E-state index in [4.69, 9.17) is 17.0 Å². The van der Waals surface area contributed by atoms with Gasteiger partial charge in [0.25, 0.3) is 0 Å². The number of hydrogen-bond donors (Lipinski definition) is 0. The standard InChI is InChI=1S/2C23H27.C2H7Si.2ClH.Zr/c2*1-6-16(2)18-14-17-10-9-12-19(21(17)15-18)20-11-7-8-13-22(20)23(3,4)5;1-3-2;;;/h2*7-16H,6H2,1-5H3;3H,1-2H3;2*1H;/q;;;;;+2/p-2. The van der Waals surface area contributed by atoms with Gasteiger partial charge in [-0.1, -0.05) is 0 Å². The first-order chi connectivity index (χ1) is 24.4. The molecule has 4 aromatic carbocycles. The molecule has 4 aromatic rings. The fourth-order valence-corrected chi connectivity index (χ4v) is 40.7. The van der Waals surface area contributed by atoms with E-state index in [-0.39, 0.29) is 18.1 Å². The van der Waals surface area contributed by atoms with E-state index in [1.54, 1.807) is 0 Å². The van der Waals surface area contributed by atoms with Crippen molar-refractivity contribution >= 4 is 35.1 Å². The van der Waals surface area contributed by atoms with Gasteiger partial charge >= 0.3 is 327 Å². The molecule has 2 aliphatic carbocycles. The van der Waals surface area contributed by atoms with Crippen molar-refractivity contribution in [1.29, 1.82) is 0 Å². The molecule has 6 rings (SSSR count). The van der Waals surface area contributed by atoms with Crippen molar-refractivity contribution in [3.63, 3.8) is 0 Å². The van der Waals surface area contributed by atoms with Crippen LogP contribution in [0.15, 0.2) is 96.1 Å². The van der Waals surface area contributed by atoms with Crippen LogP contribution in [-0.4, -0.2) is 5.92 Å². The average molecular weight is 828 g/mol. The van der Waals surface area contributed by atoms with Gasteiger partial charge in [0.2, 0.25) is 0 Å². The van der Waals surface area contributed by atoms with Crippen molar-refractivity contribution in [2.45, 2.75) is 113 Å². The number of halogens is 2. The number of fused-ring (bicyclic) bond motifs is 2. The van der Waals surface area contributed by atoms with Crippen molar-refractivity contribution in [3.8, 4) is 22.3 Å². The maximum absolute atomic E-state index is 8.95. The normalized spacial score (nSPS) is 19.4. The molecule has 0 saturated heterocycles. The van der Waals surface area contributed by atoms with Crippen LogP contribution >= 0.6 is 17.0 Å². The molecule has 0 nitrogen and oxygen atoms in total. The molecule has 0 aliphatic heterocycles. The van der Waals surface area contributed by atoms with Crippen LogP contribution in [0, 0.1) is 11.8 Å². The summed E-state index contributed by atoms with van der Waals surface area (Å²) in [6.45, 7) is 28.4. The Morgan fingerprint density at radius 1 is 0.558 bits per heavy atom. The third kappa shape index (κ3) is 6.48. The Kier molecular flexibility index (Phi) is 10.9. The molecule has 52 heavy (non-hydrogen) atoms. The first kappa shape index (κ1) is 39.7. The van der Waals surface area contributed by atoms with Crippen molar-refractivity contribution in [1.82, 2.24) is 0 Å². The van der Waals surface area contributed by atoms with Gasteiger partial charge in [-0.15, -0.1) is 0 Å². The molecule has 2 aliphatic rings. The summed E-state index contributed by atoms with van der Waals surface area (Å²) in [5, 5.41) is 0. The van der Waals surface area contributed by atoms with E-state index in [1.165, 1.54) is 66.8 Å². The fourth-order valence-electron chi connectivity index (χ4n) is 9.45. The van der Waals surface area contributed by atoms with E-state index >= 15 is 0 Å². The van der Waals surface area contributed by atoms with E-state index in [0.717, 1.165) is 12.8 Å². The second-order valence-corrected chi connectivity index (χ2v) is 60.9. The first-order valence-corrected chi connectivity index (χ1v) is 36.1. The van der Waals surface area contributed by atoms with Gasteiger partial charge in [-0.3, -0.25) is 0 Å². The summed E-state index contributed by atoms with van der Waals surface area (Å²) in [6.07, 6.45) is 7.23. The third-order valence-corrected chi connectivity index (χ3v) is 64.5. The van der Waals surface area contributed by atoms with Crippen LogP contribution in [0.1, 0.15) is 123 Å². The Bertz CT molecular complexity index is 1910. The summed E-state index contributed by atoms with van der Waals surface area (Å²) in [4.78, 5) is 0. The molecule has 0 aromatic heterocycles. The summed E-state index contributed by atoms with van der Waals surface area (Å²) in [5.74, 6) is -0.960. The molecular formula is C48H61Cl2SiZr. The summed E-state index contributed by atoms with van der Waals surface area (Å²) in [6, 6.07) is 32.0. The number of hydrogen-bond acceptors (Lipinski definition) is 0. The average Bonchev–Trinajstić information content (AvgIpc) is 3.71. The molecule has 0 spiro atoms. The number of allylic oxidation sites excluding steroid dienone is 2. The SMILES string of the molecule is CCC(C)C1=Cc2c(-c3ccccc3C(C)(C)C)cccc2[CH]1[Zr]([Cl])([Cl])([CH]1C(C(C)CC)=Cc2c(-c3ccccc3C(C)(C)C)cccc21)[SiH](C)C. The van der Waals surface area contributed by atoms with E-state index < -0.39 is 21.5 Å². The Hall–Kier alpha value is -1.96. The Balaban J connectivity index is 1.66. The van der Waals surface area contributed by atoms with Crippen LogP contribution in [-0.2, 0) is 26.4 Å². The van der Waals surface area contributed by atoms with Gasteiger partial charge in [0.05, 0.1) is 0 Å². The van der Waals surface area contributed by atoms with Crippen LogP contribution < -0.4 is 0 Å². The third-order valence-electron chi connectivity index (χ3n) is 12.8. The van der Waals surface area contributed by atoms with Gasteiger partial charge in [0, 0.05) is 0 Å². The second-order valence-electron chi connectivity index (χ2n) is 18.4. The topological polar surface area (TPSA) is 0 Å². The van der Waals surface area contributed by atoms with Crippen molar-refractivity contribution in [2.24, 2.45) is 11.8 Å². The van der Waals surface area contributed by atoms with Crippen LogP contribution in [0.2, 0.25) is 13.1 Å².